The average molecular weight is 661 g/mol. The summed E-state index contributed by atoms with van der Waals surface area (Å²) in [4.78, 5) is 39.3. The number of carbonyl (C=O) groups is 4. The molecular formula is C22H44O22. The Morgan fingerprint density at radius 2 is 0.455 bits per heavy atom. The molecule has 0 aromatic heterocycles. The summed E-state index contributed by atoms with van der Waals surface area (Å²) in [6.45, 7) is -2.90. The van der Waals surface area contributed by atoms with E-state index in [-0.39, 0.29) is 25.1 Å². The summed E-state index contributed by atoms with van der Waals surface area (Å²) in [6, 6.07) is 0. The van der Waals surface area contributed by atoms with Crippen LogP contribution in [0.2, 0.25) is 0 Å². The Morgan fingerprint density at radius 3 is 0.614 bits per heavy atom. The van der Waals surface area contributed by atoms with Crippen LogP contribution in [0.15, 0.2) is 0 Å². The molecule has 0 aromatic carbocycles. The zero-order valence-electron chi connectivity index (χ0n) is 22.9. The predicted molar refractivity (Wildman–Crippen MR) is 137 cm³/mol. The predicted octanol–water partition coefficient (Wildman–Crippen LogP) is -12.2. The first-order valence-corrected chi connectivity index (χ1v) is 12.1. The van der Waals surface area contributed by atoms with E-state index in [4.69, 9.17) is 91.9 Å². The molecular weight excluding hydrogens is 616 g/mol. The van der Waals surface area contributed by atoms with E-state index in [9.17, 15) is 19.2 Å². The number of hydrogen-bond donors (Lipinski definition) is 18. The number of aliphatic hydroxyl groups excluding tert-OH is 18. The molecule has 0 spiro atoms. The van der Waals surface area contributed by atoms with Gasteiger partial charge in [-0.1, -0.05) is 0 Å². The monoisotopic (exact) mass is 660 g/mol. The summed E-state index contributed by atoms with van der Waals surface area (Å²) in [6.07, 6.45) is -22.9. The van der Waals surface area contributed by atoms with Crippen LogP contribution in [0.1, 0.15) is 0 Å². The van der Waals surface area contributed by atoms with Crippen molar-refractivity contribution in [2.45, 2.75) is 85.5 Å². The van der Waals surface area contributed by atoms with Crippen LogP contribution in [0.3, 0.4) is 0 Å². The molecule has 14 unspecified atom stereocenters. The van der Waals surface area contributed by atoms with E-state index >= 15 is 0 Å². The van der Waals surface area contributed by atoms with E-state index in [1.165, 1.54) is 0 Å². The Labute approximate surface area is 248 Å². The van der Waals surface area contributed by atoms with Crippen LogP contribution in [0, 0.1) is 0 Å². The van der Waals surface area contributed by atoms with Crippen LogP contribution in [-0.4, -0.2) is 229 Å². The molecule has 14 atom stereocenters. The Morgan fingerprint density at radius 1 is 0.295 bits per heavy atom. The van der Waals surface area contributed by atoms with Gasteiger partial charge in [-0.3, -0.25) is 0 Å². The van der Waals surface area contributed by atoms with E-state index in [1.54, 1.807) is 0 Å². The molecule has 22 nitrogen and oxygen atoms in total. The maximum absolute atomic E-state index is 9.90. The fourth-order valence-corrected chi connectivity index (χ4v) is 2.07. The summed E-state index contributed by atoms with van der Waals surface area (Å²) in [5, 5.41) is 155. The van der Waals surface area contributed by atoms with Crippen molar-refractivity contribution in [3.8, 4) is 0 Å². The molecule has 0 aliphatic heterocycles. The van der Waals surface area contributed by atoms with Crippen LogP contribution in [0.4, 0.5) is 0 Å². The summed E-state index contributed by atoms with van der Waals surface area (Å²) < 4.78 is 0. The molecule has 0 saturated carbocycles. The van der Waals surface area contributed by atoms with Crippen molar-refractivity contribution in [1.29, 1.82) is 0 Å². The highest BCUT2D eigenvalue weighted by molar-refractivity contribution is 5.57. The maximum Gasteiger partial charge on any atom is 0.151 e. The van der Waals surface area contributed by atoms with Crippen molar-refractivity contribution in [2.24, 2.45) is 0 Å². The molecule has 0 saturated heterocycles. The minimum atomic E-state index is -1.79. The summed E-state index contributed by atoms with van der Waals surface area (Å²) in [5.41, 5.74) is 0. The van der Waals surface area contributed by atoms with Crippen molar-refractivity contribution >= 4 is 25.1 Å². The van der Waals surface area contributed by atoms with E-state index in [2.05, 4.69) is 0 Å². The second kappa shape index (κ2) is 28.4. The van der Waals surface area contributed by atoms with Gasteiger partial charge in [0.25, 0.3) is 0 Å². The van der Waals surface area contributed by atoms with Gasteiger partial charge >= 0.3 is 0 Å². The summed E-state index contributed by atoms with van der Waals surface area (Å²) >= 11 is 0. The van der Waals surface area contributed by atoms with Gasteiger partial charge in [-0.05, 0) is 0 Å². The standard InChI is InChI=1S/2C6H12O6.2C5H10O5/c2*7-1-3(9)5(11)6(12)4(10)2-8;2*6-1-3(8)5(10)4(9)2-7/h2*1,3-6,8-12H,2H2;2*1,3-5,7-10H,2H2. The topological polar surface area (TPSA) is 432 Å². The summed E-state index contributed by atoms with van der Waals surface area (Å²) in [7, 11) is 0. The van der Waals surface area contributed by atoms with Gasteiger partial charge in [0.05, 0.1) is 26.4 Å². The molecule has 0 bridgehead atoms. The van der Waals surface area contributed by atoms with Crippen molar-refractivity contribution in [3.05, 3.63) is 0 Å². The fourth-order valence-electron chi connectivity index (χ4n) is 2.07. The Balaban J connectivity index is -0.000000243. The van der Waals surface area contributed by atoms with Gasteiger partial charge in [0.15, 0.2) is 25.1 Å². The zero-order chi connectivity index (χ0) is 35.7. The normalized spacial score (nSPS) is 20.4. The molecule has 0 amide bonds. The van der Waals surface area contributed by atoms with Gasteiger partial charge in [0.2, 0.25) is 0 Å². The second-order valence-electron chi connectivity index (χ2n) is 8.45. The van der Waals surface area contributed by atoms with Gasteiger partial charge < -0.3 is 111 Å². The zero-order valence-corrected chi connectivity index (χ0v) is 22.9. The third kappa shape index (κ3) is 20.8. The first-order chi connectivity index (χ1) is 20.3. The Kier molecular flexibility index (Phi) is 31.6. The first kappa shape index (κ1) is 48.9. The number of aldehydes is 4. The largest absolute Gasteiger partial charge is 0.394 e. The van der Waals surface area contributed by atoms with Gasteiger partial charge in [-0.2, -0.15) is 0 Å². The molecule has 0 aromatic rings. The lowest BCUT2D eigenvalue weighted by molar-refractivity contribution is -0.136. The molecule has 0 heterocycles. The molecule has 22 heteroatoms. The van der Waals surface area contributed by atoms with E-state index in [0.717, 1.165) is 0 Å². The molecule has 264 valence electrons. The third-order valence-electron chi connectivity index (χ3n) is 4.98. The quantitative estimate of drug-likeness (QED) is 0.0606. The van der Waals surface area contributed by atoms with E-state index in [0.29, 0.717) is 0 Å². The highest BCUT2D eigenvalue weighted by Gasteiger charge is 2.30. The molecule has 0 fully saturated rings. The molecule has 0 rings (SSSR count). The van der Waals surface area contributed by atoms with Crippen LogP contribution in [0.5, 0.6) is 0 Å². The smallest absolute Gasteiger partial charge is 0.151 e. The van der Waals surface area contributed by atoms with Crippen molar-refractivity contribution in [2.75, 3.05) is 26.4 Å². The van der Waals surface area contributed by atoms with Crippen molar-refractivity contribution < 1.29 is 111 Å². The first-order valence-electron chi connectivity index (χ1n) is 12.1. The van der Waals surface area contributed by atoms with Crippen LogP contribution in [0.25, 0.3) is 0 Å². The number of rotatable bonds is 18. The summed E-state index contributed by atoms with van der Waals surface area (Å²) in [5.74, 6) is 0. The van der Waals surface area contributed by atoms with Crippen molar-refractivity contribution in [3.63, 3.8) is 0 Å². The molecule has 0 radical (unpaired) electrons. The van der Waals surface area contributed by atoms with Gasteiger partial charge in [-0.25, -0.2) is 0 Å². The third-order valence-corrected chi connectivity index (χ3v) is 4.98. The van der Waals surface area contributed by atoms with E-state index in [1.807, 2.05) is 0 Å². The molecule has 0 aliphatic rings. The van der Waals surface area contributed by atoms with Crippen LogP contribution >= 0.6 is 0 Å². The second-order valence-corrected chi connectivity index (χ2v) is 8.45. The highest BCUT2D eigenvalue weighted by Crippen LogP contribution is 2.04. The van der Waals surface area contributed by atoms with E-state index < -0.39 is 112 Å². The maximum atomic E-state index is 9.90. The van der Waals surface area contributed by atoms with Crippen LogP contribution < -0.4 is 0 Å². The van der Waals surface area contributed by atoms with Gasteiger partial charge in [0, 0.05) is 0 Å². The lowest BCUT2D eigenvalue weighted by Crippen LogP contribution is -2.46. The average Bonchev–Trinajstić information content (AvgIpc) is 3.06. The molecule has 0 aliphatic carbocycles. The Bertz CT molecular complexity index is 658. The lowest BCUT2D eigenvalue weighted by Gasteiger charge is -2.22. The number of aliphatic hydroxyl groups is 18. The number of hydrogen-bond acceptors (Lipinski definition) is 22. The van der Waals surface area contributed by atoms with Gasteiger partial charge in [-0.15, -0.1) is 0 Å². The van der Waals surface area contributed by atoms with Gasteiger partial charge in [0.1, 0.15) is 85.5 Å². The lowest BCUT2D eigenvalue weighted by atomic mass is 10.0. The SMILES string of the molecule is O=CC(O)C(O)C(O)C(O)CO.O=CC(O)C(O)C(O)C(O)CO.O=CC(O)C(O)C(O)CO.O=CC(O)C(O)C(O)CO. The minimum absolute atomic E-state index is 0.0258. The Hall–Kier alpha value is -2.04. The minimum Gasteiger partial charge on any atom is -0.394 e. The van der Waals surface area contributed by atoms with Crippen molar-refractivity contribution in [1.82, 2.24) is 0 Å². The fraction of sp³-hybridized carbons (Fsp3) is 0.818. The molecule has 18 N–H and O–H groups in total. The van der Waals surface area contributed by atoms with Crippen LogP contribution in [-0.2, 0) is 19.2 Å². The highest BCUT2D eigenvalue weighted by atomic mass is 16.4. The number of carbonyl (C=O) groups excluding carboxylic acids is 4. The molecule has 44 heavy (non-hydrogen) atoms.